The van der Waals surface area contributed by atoms with Crippen LogP contribution in [0.2, 0.25) is 19.6 Å². The first kappa shape index (κ1) is 26.8. The van der Waals surface area contributed by atoms with Gasteiger partial charge in [0, 0.05) is 28.0 Å². The molecule has 3 heteroatoms. The molecule has 5 unspecified atom stereocenters. The molecule has 3 fully saturated rings. The Labute approximate surface area is 248 Å². The monoisotopic (exact) mass is 557 g/mol. The molecule has 3 aromatic rings. The molecular weight excluding hydrogens is 513 g/mol. The first-order valence-electron chi connectivity index (χ1n) is 15.8. The molecule has 8 rings (SSSR count). The molecule has 3 aliphatic carbocycles. The maximum absolute atomic E-state index is 5.12. The van der Waals surface area contributed by atoms with Crippen LogP contribution < -0.4 is 9.75 Å². The average molecular weight is 558 g/mol. The van der Waals surface area contributed by atoms with E-state index >= 15 is 0 Å². The Kier molecular flexibility index (Phi) is 6.58. The van der Waals surface area contributed by atoms with Crippen molar-refractivity contribution in [2.24, 2.45) is 28.7 Å². The van der Waals surface area contributed by atoms with Crippen molar-refractivity contribution < 1.29 is 4.57 Å². The van der Waals surface area contributed by atoms with Gasteiger partial charge in [0.25, 0.3) is 0 Å². The van der Waals surface area contributed by atoms with Gasteiger partial charge in [-0.05, 0) is 84.6 Å². The van der Waals surface area contributed by atoms with E-state index in [-0.39, 0.29) is 6.04 Å². The third kappa shape index (κ3) is 4.43. The Morgan fingerprint density at radius 2 is 1.78 bits per heavy atom. The molecule has 3 saturated carbocycles. The molecule has 1 aromatic heterocycles. The molecule has 2 aliphatic heterocycles. The van der Waals surface area contributed by atoms with Crippen LogP contribution in [-0.2, 0) is 12.8 Å². The van der Waals surface area contributed by atoms with Crippen molar-refractivity contribution in [2.75, 3.05) is 6.54 Å². The van der Waals surface area contributed by atoms with Crippen molar-refractivity contribution in [1.29, 1.82) is 0 Å². The maximum atomic E-state index is 5.12. The lowest BCUT2D eigenvalue weighted by Crippen LogP contribution is -2.54. The number of aliphatic imine (C=N–C) groups is 1. The molecule has 0 saturated heterocycles. The number of pyridine rings is 1. The number of fused-ring (bicyclic) bond motifs is 8. The van der Waals surface area contributed by atoms with Gasteiger partial charge >= 0.3 is 0 Å². The second-order valence-corrected chi connectivity index (χ2v) is 19.4. The lowest BCUT2D eigenvalue weighted by molar-refractivity contribution is -0.708. The molecule has 2 nitrogen and oxygen atoms in total. The lowest BCUT2D eigenvalue weighted by atomic mass is 9.71. The molecular formula is C38H45N2Si+. The van der Waals surface area contributed by atoms with Gasteiger partial charge in [0.15, 0.2) is 12.2 Å². The minimum Gasteiger partial charge on any atom is -0.280 e. The van der Waals surface area contributed by atoms with E-state index in [1.54, 1.807) is 10.8 Å². The number of aromatic nitrogens is 1. The predicted octanol–water partition coefficient (Wildman–Crippen LogP) is 7.84. The highest BCUT2D eigenvalue weighted by atomic mass is 28.3. The lowest BCUT2D eigenvalue weighted by Gasteiger charge is -2.35. The third-order valence-corrected chi connectivity index (χ3v) is 13.2. The Morgan fingerprint density at radius 3 is 2.49 bits per heavy atom. The van der Waals surface area contributed by atoms with E-state index in [9.17, 15) is 0 Å². The number of hydrogen-bond donors (Lipinski definition) is 0. The topological polar surface area (TPSA) is 16.2 Å². The van der Waals surface area contributed by atoms with Gasteiger partial charge in [0.05, 0.1) is 26.2 Å². The Morgan fingerprint density at radius 1 is 1.02 bits per heavy atom. The van der Waals surface area contributed by atoms with E-state index in [1.807, 2.05) is 6.08 Å². The van der Waals surface area contributed by atoms with Crippen LogP contribution in [-0.4, -0.2) is 20.3 Å². The summed E-state index contributed by atoms with van der Waals surface area (Å²) in [5.41, 5.74) is 10.7. The van der Waals surface area contributed by atoms with Crippen molar-refractivity contribution in [1.82, 2.24) is 0 Å². The zero-order valence-electron chi connectivity index (χ0n) is 25.4. The summed E-state index contributed by atoms with van der Waals surface area (Å²) < 4.78 is 2.64. The van der Waals surface area contributed by atoms with Crippen LogP contribution in [0.3, 0.4) is 0 Å². The first-order valence-corrected chi connectivity index (χ1v) is 19.3. The molecule has 210 valence electrons. The first-order chi connectivity index (χ1) is 19.7. The van der Waals surface area contributed by atoms with E-state index in [0.29, 0.717) is 12.5 Å². The normalized spacial score (nSPS) is 28.4. The molecule has 6 atom stereocenters. The second kappa shape index (κ2) is 10.0. The Balaban J connectivity index is 1.38. The number of hydrogen-bond acceptors (Lipinski definition) is 1. The molecule has 0 N–H and O–H groups in total. The summed E-state index contributed by atoms with van der Waals surface area (Å²) in [5, 5.41) is 1.64. The number of allylic oxidation sites excluding steroid dienone is 1. The summed E-state index contributed by atoms with van der Waals surface area (Å²) in [6, 6.07) is 20.8. The quantitative estimate of drug-likeness (QED) is 0.177. The summed E-state index contributed by atoms with van der Waals surface area (Å²) in [5.74, 6) is 4.07. The highest BCUT2D eigenvalue weighted by molar-refractivity contribution is 6.89. The Bertz CT molecular complexity index is 1570. The fourth-order valence-electron chi connectivity index (χ4n) is 8.90. The average Bonchev–Trinajstić information content (AvgIpc) is 3.53. The van der Waals surface area contributed by atoms with Gasteiger partial charge < -0.3 is 0 Å². The van der Waals surface area contributed by atoms with E-state index < -0.39 is 8.07 Å². The summed E-state index contributed by atoms with van der Waals surface area (Å²) in [7, 11) is -1.60. The van der Waals surface area contributed by atoms with E-state index in [1.165, 1.54) is 52.8 Å². The van der Waals surface area contributed by atoms with Crippen molar-refractivity contribution in [3.8, 4) is 11.3 Å². The largest absolute Gasteiger partial charge is 0.280 e. The van der Waals surface area contributed by atoms with E-state index in [4.69, 9.17) is 11.6 Å². The molecule has 41 heavy (non-hydrogen) atoms. The van der Waals surface area contributed by atoms with Crippen LogP contribution in [0.15, 0.2) is 90.6 Å². The molecule has 2 aromatic carbocycles. The molecule has 5 aliphatic rings. The smallest absolute Gasteiger partial charge is 0.213 e. The summed E-state index contributed by atoms with van der Waals surface area (Å²) >= 11 is 0. The molecule has 0 amide bonds. The third-order valence-electron chi connectivity index (χ3n) is 11.1. The minimum atomic E-state index is -1.60. The van der Waals surface area contributed by atoms with Gasteiger partial charge in [-0.25, -0.2) is 0 Å². The predicted molar refractivity (Wildman–Crippen MR) is 175 cm³/mol. The summed E-state index contributed by atoms with van der Waals surface area (Å²) in [6.45, 7) is 19.6. The second-order valence-electron chi connectivity index (χ2n) is 14.4. The van der Waals surface area contributed by atoms with Crippen molar-refractivity contribution in [3.05, 3.63) is 108 Å². The fraction of sp³-hybridized carbons (Fsp3) is 0.421. The number of nitrogens with zero attached hydrogens (tertiary/aromatic N) is 2. The van der Waals surface area contributed by atoms with Gasteiger partial charge in [-0.1, -0.05) is 82.2 Å². The Hall–Kier alpha value is -3.04. The maximum Gasteiger partial charge on any atom is 0.213 e. The van der Waals surface area contributed by atoms with Crippen LogP contribution >= 0.6 is 0 Å². The van der Waals surface area contributed by atoms with Gasteiger partial charge in [-0.15, -0.1) is 0 Å². The van der Waals surface area contributed by atoms with Gasteiger partial charge in [0.2, 0.25) is 5.69 Å². The fourth-order valence-corrected chi connectivity index (χ4v) is 10.6. The van der Waals surface area contributed by atoms with Gasteiger partial charge in [-0.3, -0.25) is 4.99 Å². The molecule has 0 spiro atoms. The van der Waals surface area contributed by atoms with Gasteiger partial charge in [0.1, 0.15) is 0 Å². The van der Waals surface area contributed by atoms with Crippen LogP contribution in [0.1, 0.15) is 60.4 Å². The summed E-state index contributed by atoms with van der Waals surface area (Å²) in [6.07, 6.45) is 10.8. The number of rotatable bonds is 4. The van der Waals surface area contributed by atoms with Crippen molar-refractivity contribution in [3.63, 3.8) is 0 Å². The molecule has 2 bridgehead atoms. The standard InChI is InChI=1S/C38H45N2Si/c1-7-35-30-13-9-8-12-26(30)16-17-33-31-14-10-11-15-32(31)36-21-29(19-28-18-27-20-34(28)25(27)3)37(41(4,5)6)23-40(36)38(33)24(2)22-39-35/h7-15,21,23,25,27-28,33-34,38H,1-2,16-20,22H2,3-6H3/q+1/t25-,27?,28?,33?,34?,38?/m0/s1. The van der Waals surface area contributed by atoms with Crippen molar-refractivity contribution >= 4 is 19.0 Å². The SMILES string of the molecule is C=CC1=NCC(=C)C2C(CCc3ccccc31)c1ccccc1-c1cc(CC3CC4CC3[C@H]4C)c([Si](C)(C)C)c[n+]12. The van der Waals surface area contributed by atoms with Crippen molar-refractivity contribution in [2.45, 2.75) is 70.6 Å². The highest BCUT2D eigenvalue weighted by Crippen LogP contribution is 2.57. The highest BCUT2D eigenvalue weighted by Gasteiger charge is 2.50. The van der Waals surface area contributed by atoms with Crippen LogP contribution in [0.5, 0.6) is 0 Å². The summed E-state index contributed by atoms with van der Waals surface area (Å²) in [4.78, 5) is 5.12. The molecule has 3 heterocycles. The number of aryl methyl sites for hydroxylation is 1. The van der Waals surface area contributed by atoms with Crippen LogP contribution in [0.25, 0.3) is 11.3 Å². The van der Waals surface area contributed by atoms with Gasteiger partial charge in [-0.2, -0.15) is 4.57 Å². The minimum absolute atomic E-state index is 0.198. The zero-order chi connectivity index (χ0) is 28.5. The van der Waals surface area contributed by atoms with Crippen LogP contribution in [0.4, 0.5) is 0 Å². The van der Waals surface area contributed by atoms with E-state index in [2.05, 4.69) is 98.5 Å². The zero-order valence-corrected chi connectivity index (χ0v) is 26.4. The van der Waals surface area contributed by atoms with Crippen LogP contribution in [0, 0.1) is 23.7 Å². The number of benzene rings is 2. The molecule has 0 radical (unpaired) electrons. The van der Waals surface area contributed by atoms with E-state index in [0.717, 1.165) is 42.2 Å².